The van der Waals surface area contributed by atoms with Crippen LogP contribution < -0.4 is 0 Å². The van der Waals surface area contributed by atoms with Crippen LogP contribution in [0, 0.1) is 5.92 Å². The zero-order valence-corrected chi connectivity index (χ0v) is 9.57. The first-order valence-corrected chi connectivity index (χ1v) is 6.24. The molecule has 15 heavy (non-hydrogen) atoms. The minimum absolute atomic E-state index is 0.000556. The molecule has 1 saturated carbocycles. The lowest BCUT2D eigenvalue weighted by molar-refractivity contribution is 0.0219. The third kappa shape index (κ3) is 4.35. The van der Waals surface area contributed by atoms with E-state index in [1.807, 2.05) is 0 Å². The molecule has 1 rings (SSSR count). The minimum atomic E-state index is -0.542. The molecule has 0 aromatic rings. The van der Waals surface area contributed by atoms with Gasteiger partial charge >= 0.3 is 0 Å². The van der Waals surface area contributed by atoms with E-state index in [0.29, 0.717) is 0 Å². The van der Waals surface area contributed by atoms with E-state index in [9.17, 15) is 10.2 Å². The lowest BCUT2D eigenvalue weighted by Crippen LogP contribution is -2.30. The number of hydrogen-bond donors (Lipinski definition) is 2. The Bertz CT molecular complexity index is 179. The number of hydrogen-bond acceptors (Lipinski definition) is 2. The Kier molecular flexibility index (Phi) is 5.96. The molecule has 2 N–H and O–H groups in total. The summed E-state index contributed by atoms with van der Waals surface area (Å²) in [5.74, 6) is 0.000556. The van der Waals surface area contributed by atoms with Gasteiger partial charge in [-0.1, -0.05) is 44.6 Å². The van der Waals surface area contributed by atoms with Crippen molar-refractivity contribution >= 4 is 0 Å². The second-order valence-corrected chi connectivity index (χ2v) is 4.66. The van der Waals surface area contributed by atoms with Crippen molar-refractivity contribution < 1.29 is 10.2 Å². The Morgan fingerprint density at radius 3 is 2.13 bits per heavy atom. The van der Waals surface area contributed by atoms with Gasteiger partial charge in [-0.3, -0.25) is 0 Å². The summed E-state index contributed by atoms with van der Waals surface area (Å²) in [6.07, 6.45) is 9.66. The monoisotopic (exact) mass is 212 g/mol. The fourth-order valence-electron chi connectivity index (χ4n) is 2.42. The van der Waals surface area contributed by atoms with Crippen molar-refractivity contribution in [3.63, 3.8) is 0 Å². The maximum absolute atomic E-state index is 9.98. The summed E-state index contributed by atoms with van der Waals surface area (Å²) in [5, 5.41) is 19.7. The molecule has 0 heterocycles. The summed E-state index contributed by atoms with van der Waals surface area (Å²) >= 11 is 0. The number of aliphatic hydroxyl groups is 2. The molecule has 88 valence electrons. The Balaban J connectivity index is 2.49. The standard InChI is InChI=1S/C13H24O2/c1-2-12(14)11-9-7-5-3-4-6-8-10-13(11)15/h2,11-15H,1,3-10H2. The topological polar surface area (TPSA) is 40.5 Å². The average molecular weight is 212 g/mol. The molecular weight excluding hydrogens is 188 g/mol. The first-order valence-electron chi connectivity index (χ1n) is 6.24. The first kappa shape index (κ1) is 12.7. The van der Waals surface area contributed by atoms with Crippen molar-refractivity contribution in [2.45, 2.75) is 63.6 Å². The molecule has 0 spiro atoms. The predicted molar refractivity (Wildman–Crippen MR) is 62.6 cm³/mol. The Hall–Kier alpha value is -0.340. The van der Waals surface area contributed by atoms with E-state index in [-0.39, 0.29) is 12.0 Å². The van der Waals surface area contributed by atoms with Crippen molar-refractivity contribution in [2.24, 2.45) is 5.92 Å². The van der Waals surface area contributed by atoms with E-state index < -0.39 is 6.10 Å². The second-order valence-electron chi connectivity index (χ2n) is 4.66. The van der Waals surface area contributed by atoms with Crippen LogP contribution >= 0.6 is 0 Å². The normalized spacial score (nSPS) is 31.9. The largest absolute Gasteiger partial charge is 0.393 e. The quantitative estimate of drug-likeness (QED) is 0.691. The van der Waals surface area contributed by atoms with Gasteiger partial charge in [-0.15, -0.1) is 6.58 Å². The third-order valence-electron chi connectivity index (χ3n) is 3.46. The smallest absolute Gasteiger partial charge is 0.0771 e. The third-order valence-corrected chi connectivity index (χ3v) is 3.46. The predicted octanol–water partition coefficient (Wildman–Crippen LogP) is 2.64. The summed E-state index contributed by atoms with van der Waals surface area (Å²) in [5.41, 5.74) is 0. The van der Waals surface area contributed by atoms with Gasteiger partial charge < -0.3 is 10.2 Å². The highest BCUT2D eigenvalue weighted by Crippen LogP contribution is 2.24. The highest BCUT2D eigenvalue weighted by atomic mass is 16.3. The van der Waals surface area contributed by atoms with Crippen molar-refractivity contribution in [1.29, 1.82) is 0 Å². The van der Waals surface area contributed by atoms with Gasteiger partial charge in [-0.05, 0) is 12.8 Å². The molecule has 2 heteroatoms. The molecular formula is C13H24O2. The molecule has 0 bridgehead atoms. The van der Waals surface area contributed by atoms with Gasteiger partial charge in [-0.25, -0.2) is 0 Å². The van der Waals surface area contributed by atoms with Gasteiger partial charge in [0.1, 0.15) is 0 Å². The zero-order valence-electron chi connectivity index (χ0n) is 9.57. The van der Waals surface area contributed by atoms with E-state index in [1.54, 1.807) is 6.08 Å². The van der Waals surface area contributed by atoms with E-state index in [2.05, 4.69) is 6.58 Å². The van der Waals surface area contributed by atoms with Gasteiger partial charge in [0, 0.05) is 5.92 Å². The van der Waals surface area contributed by atoms with Crippen molar-refractivity contribution in [2.75, 3.05) is 0 Å². The molecule has 1 aliphatic carbocycles. The summed E-state index contributed by atoms with van der Waals surface area (Å²) in [6, 6.07) is 0. The molecule has 1 aliphatic rings. The van der Waals surface area contributed by atoms with Crippen molar-refractivity contribution in [3.05, 3.63) is 12.7 Å². The van der Waals surface area contributed by atoms with Crippen LogP contribution in [0.3, 0.4) is 0 Å². The van der Waals surface area contributed by atoms with Crippen molar-refractivity contribution in [1.82, 2.24) is 0 Å². The minimum Gasteiger partial charge on any atom is -0.393 e. The van der Waals surface area contributed by atoms with Crippen LogP contribution in [0.5, 0.6) is 0 Å². The molecule has 0 aromatic heterocycles. The lowest BCUT2D eigenvalue weighted by atomic mass is 9.86. The van der Waals surface area contributed by atoms with Gasteiger partial charge in [-0.2, -0.15) is 0 Å². The van der Waals surface area contributed by atoms with Gasteiger partial charge in [0.25, 0.3) is 0 Å². The fourth-order valence-corrected chi connectivity index (χ4v) is 2.42. The van der Waals surface area contributed by atoms with Gasteiger partial charge in [0.15, 0.2) is 0 Å². The fraction of sp³-hybridized carbons (Fsp3) is 0.846. The Morgan fingerprint density at radius 2 is 1.53 bits per heavy atom. The van der Waals surface area contributed by atoms with E-state index in [1.165, 1.54) is 25.7 Å². The van der Waals surface area contributed by atoms with Crippen LogP contribution in [0.25, 0.3) is 0 Å². The van der Waals surface area contributed by atoms with Crippen LogP contribution in [-0.4, -0.2) is 22.4 Å². The summed E-state index contributed by atoms with van der Waals surface area (Å²) in [4.78, 5) is 0. The van der Waals surface area contributed by atoms with Crippen LogP contribution in [0.15, 0.2) is 12.7 Å². The van der Waals surface area contributed by atoms with Gasteiger partial charge in [0.05, 0.1) is 12.2 Å². The van der Waals surface area contributed by atoms with Crippen LogP contribution in [0.1, 0.15) is 51.4 Å². The lowest BCUT2D eigenvalue weighted by Gasteiger charge is -2.26. The van der Waals surface area contributed by atoms with Crippen LogP contribution in [-0.2, 0) is 0 Å². The SMILES string of the molecule is C=CC(O)C1CCCCCCCCC1O. The molecule has 0 saturated heterocycles. The molecule has 0 amide bonds. The molecule has 1 fully saturated rings. The maximum Gasteiger partial charge on any atom is 0.0771 e. The number of aliphatic hydroxyl groups excluding tert-OH is 2. The number of rotatable bonds is 2. The molecule has 3 unspecified atom stereocenters. The van der Waals surface area contributed by atoms with Gasteiger partial charge in [0.2, 0.25) is 0 Å². The van der Waals surface area contributed by atoms with E-state index in [4.69, 9.17) is 0 Å². The Labute approximate surface area is 93.0 Å². The summed E-state index contributed by atoms with van der Waals surface area (Å²) in [6.45, 7) is 3.61. The van der Waals surface area contributed by atoms with E-state index >= 15 is 0 Å². The summed E-state index contributed by atoms with van der Waals surface area (Å²) in [7, 11) is 0. The Morgan fingerprint density at radius 1 is 1.00 bits per heavy atom. The van der Waals surface area contributed by atoms with Crippen LogP contribution in [0.4, 0.5) is 0 Å². The molecule has 0 aromatic carbocycles. The maximum atomic E-state index is 9.98. The highest BCUT2D eigenvalue weighted by Gasteiger charge is 2.24. The first-order chi connectivity index (χ1) is 7.25. The van der Waals surface area contributed by atoms with Crippen molar-refractivity contribution in [3.8, 4) is 0 Å². The van der Waals surface area contributed by atoms with Crippen LogP contribution in [0.2, 0.25) is 0 Å². The molecule has 3 atom stereocenters. The second kappa shape index (κ2) is 7.02. The summed E-state index contributed by atoms with van der Waals surface area (Å²) < 4.78 is 0. The zero-order chi connectivity index (χ0) is 11.1. The molecule has 0 radical (unpaired) electrons. The highest BCUT2D eigenvalue weighted by molar-refractivity contribution is 4.88. The molecule has 0 aliphatic heterocycles. The molecule has 2 nitrogen and oxygen atoms in total. The van der Waals surface area contributed by atoms with E-state index in [0.717, 1.165) is 25.7 Å². The average Bonchev–Trinajstić information content (AvgIpc) is 2.26.